The summed E-state index contributed by atoms with van der Waals surface area (Å²) in [4.78, 5) is 25.5. The predicted molar refractivity (Wildman–Crippen MR) is 95.9 cm³/mol. The Balaban J connectivity index is 2.09. The van der Waals surface area contributed by atoms with Gasteiger partial charge < -0.3 is 15.4 Å². The second-order valence-corrected chi connectivity index (χ2v) is 7.07. The highest BCUT2D eigenvalue weighted by Crippen LogP contribution is 2.24. The Morgan fingerprint density at radius 2 is 2.08 bits per heavy atom. The molecule has 24 heavy (non-hydrogen) atoms. The van der Waals surface area contributed by atoms with Crippen LogP contribution in [0.5, 0.6) is 0 Å². The summed E-state index contributed by atoms with van der Waals surface area (Å²) < 4.78 is 4.79. The molecule has 1 amide bonds. The van der Waals surface area contributed by atoms with Crippen molar-refractivity contribution in [3.8, 4) is 0 Å². The lowest BCUT2D eigenvalue weighted by Crippen LogP contribution is -2.43. The smallest absolute Gasteiger partial charge is 0.307 e. The van der Waals surface area contributed by atoms with Crippen LogP contribution in [0.4, 0.5) is 0 Å². The maximum absolute atomic E-state index is 12.6. The Labute approximate surface area is 147 Å². The lowest BCUT2D eigenvalue weighted by molar-refractivity contribution is -0.141. The van der Waals surface area contributed by atoms with Gasteiger partial charge in [0.15, 0.2) is 0 Å². The zero-order valence-corrected chi connectivity index (χ0v) is 15.3. The van der Waals surface area contributed by atoms with Crippen molar-refractivity contribution in [2.24, 2.45) is 5.92 Å². The number of thioether (sulfide) groups is 1. The van der Waals surface area contributed by atoms with Crippen LogP contribution in [-0.2, 0) is 14.3 Å². The number of carbonyl (C=O) groups is 2. The Morgan fingerprint density at radius 1 is 1.38 bits per heavy atom. The van der Waals surface area contributed by atoms with Crippen LogP contribution in [0.15, 0.2) is 29.2 Å². The average Bonchev–Trinajstić information content (AvgIpc) is 2.61. The van der Waals surface area contributed by atoms with Crippen molar-refractivity contribution < 1.29 is 14.3 Å². The number of piperidine rings is 1. The first-order valence-electron chi connectivity index (χ1n) is 8.28. The van der Waals surface area contributed by atoms with Gasteiger partial charge >= 0.3 is 5.97 Å². The molecule has 0 saturated carbocycles. The van der Waals surface area contributed by atoms with Gasteiger partial charge in [-0.1, -0.05) is 12.1 Å². The molecule has 0 spiro atoms. The van der Waals surface area contributed by atoms with Crippen molar-refractivity contribution in [2.45, 2.75) is 43.2 Å². The largest absolute Gasteiger partial charge is 0.469 e. The second kappa shape index (κ2) is 9.08. The molecule has 2 N–H and O–H groups in total. The fraction of sp³-hybridized carbons (Fsp3) is 0.556. The first kappa shape index (κ1) is 18.8. The number of benzene rings is 1. The van der Waals surface area contributed by atoms with Crippen molar-refractivity contribution in [2.75, 3.05) is 19.9 Å². The molecular formula is C18H26N2O3S. The van der Waals surface area contributed by atoms with Gasteiger partial charge in [-0.3, -0.25) is 9.59 Å². The first-order valence-corrected chi connectivity index (χ1v) is 9.50. The number of methoxy groups -OCH3 is 1. The normalized spacial score (nSPS) is 21.8. The number of rotatable bonds is 6. The van der Waals surface area contributed by atoms with E-state index in [0.29, 0.717) is 6.04 Å². The molecule has 0 aromatic heterocycles. The average molecular weight is 350 g/mol. The standard InChI is InChI=1S/C18H26N2O3S/c1-12-10-14(8-9-19-12)18(22)20-16(11-17(21)23-2)13-4-6-15(24-3)7-5-13/h4-7,12,14,16,19H,8-11H2,1-3H3,(H,20,22)/t12-,14-,16?/m0/s1. The highest BCUT2D eigenvalue weighted by molar-refractivity contribution is 7.98. The van der Waals surface area contributed by atoms with E-state index in [-0.39, 0.29) is 30.3 Å². The van der Waals surface area contributed by atoms with E-state index in [4.69, 9.17) is 4.74 Å². The van der Waals surface area contributed by atoms with Gasteiger partial charge in [-0.15, -0.1) is 11.8 Å². The summed E-state index contributed by atoms with van der Waals surface area (Å²) in [6.07, 6.45) is 3.80. The topological polar surface area (TPSA) is 67.4 Å². The van der Waals surface area contributed by atoms with Crippen LogP contribution in [0.2, 0.25) is 0 Å². The van der Waals surface area contributed by atoms with Crippen LogP contribution in [-0.4, -0.2) is 37.8 Å². The summed E-state index contributed by atoms with van der Waals surface area (Å²) in [6, 6.07) is 7.92. The molecule has 5 nitrogen and oxygen atoms in total. The molecule has 1 aliphatic heterocycles. The first-order chi connectivity index (χ1) is 11.5. The van der Waals surface area contributed by atoms with Crippen molar-refractivity contribution >= 4 is 23.6 Å². The minimum absolute atomic E-state index is 0.00753. The van der Waals surface area contributed by atoms with Gasteiger partial charge in [-0.05, 0) is 50.3 Å². The zero-order valence-electron chi connectivity index (χ0n) is 14.5. The molecule has 1 fully saturated rings. The predicted octanol–water partition coefficient (Wildman–Crippen LogP) is 2.52. The highest BCUT2D eigenvalue weighted by Gasteiger charge is 2.27. The van der Waals surface area contributed by atoms with E-state index in [1.807, 2.05) is 30.5 Å². The van der Waals surface area contributed by atoms with Gasteiger partial charge in [0, 0.05) is 16.9 Å². The summed E-state index contributed by atoms with van der Waals surface area (Å²) in [5, 5.41) is 6.40. The molecule has 1 heterocycles. The van der Waals surface area contributed by atoms with Gasteiger partial charge in [0.2, 0.25) is 5.91 Å². The van der Waals surface area contributed by atoms with Crippen molar-refractivity contribution in [1.29, 1.82) is 0 Å². The van der Waals surface area contributed by atoms with E-state index in [2.05, 4.69) is 17.6 Å². The molecule has 1 aromatic rings. The van der Waals surface area contributed by atoms with Crippen molar-refractivity contribution in [1.82, 2.24) is 10.6 Å². The molecule has 1 unspecified atom stereocenters. The molecule has 3 atom stereocenters. The molecule has 1 saturated heterocycles. The van der Waals surface area contributed by atoms with Crippen LogP contribution in [0.25, 0.3) is 0 Å². The minimum Gasteiger partial charge on any atom is -0.469 e. The number of esters is 1. The summed E-state index contributed by atoms with van der Waals surface area (Å²) in [5.41, 5.74) is 0.925. The van der Waals surface area contributed by atoms with Crippen LogP contribution in [0, 0.1) is 5.92 Å². The van der Waals surface area contributed by atoms with Gasteiger partial charge in [0.1, 0.15) is 0 Å². The second-order valence-electron chi connectivity index (χ2n) is 6.19. The highest BCUT2D eigenvalue weighted by atomic mass is 32.2. The Kier molecular flexibility index (Phi) is 7.12. The minimum atomic E-state index is -0.356. The maximum Gasteiger partial charge on any atom is 0.307 e. The molecule has 0 bridgehead atoms. The molecule has 1 aliphatic rings. The zero-order chi connectivity index (χ0) is 17.5. The van der Waals surface area contributed by atoms with Crippen LogP contribution in [0.3, 0.4) is 0 Å². The van der Waals surface area contributed by atoms with Gasteiger partial charge in [-0.25, -0.2) is 0 Å². The quantitative estimate of drug-likeness (QED) is 0.609. The van der Waals surface area contributed by atoms with Crippen molar-refractivity contribution in [3.05, 3.63) is 29.8 Å². The summed E-state index contributed by atoms with van der Waals surface area (Å²) in [5.74, 6) is -0.314. The Hall–Kier alpha value is -1.53. The number of hydrogen-bond donors (Lipinski definition) is 2. The molecule has 2 rings (SSSR count). The fourth-order valence-electron chi connectivity index (χ4n) is 3.00. The van der Waals surface area contributed by atoms with E-state index in [9.17, 15) is 9.59 Å². The lowest BCUT2D eigenvalue weighted by Gasteiger charge is -2.29. The number of hydrogen-bond acceptors (Lipinski definition) is 5. The van der Waals surface area contributed by atoms with E-state index in [1.165, 1.54) is 7.11 Å². The molecular weight excluding hydrogens is 324 g/mol. The van der Waals surface area contributed by atoms with E-state index in [0.717, 1.165) is 29.8 Å². The summed E-state index contributed by atoms with van der Waals surface area (Å²) in [7, 11) is 1.37. The number of carbonyl (C=O) groups excluding carboxylic acids is 2. The summed E-state index contributed by atoms with van der Waals surface area (Å²) in [6.45, 7) is 2.94. The Morgan fingerprint density at radius 3 is 2.67 bits per heavy atom. The van der Waals surface area contributed by atoms with Gasteiger partial charge in [-0.2, -0.15) is 0 Å². The lowest BCUT2D eigenvalue weighted by atomic mass is 9.91. The Bertz CT molecular complexity index is 562. The maximum atomic E-state index is 12.6. The number of ether oxygens (including phenoxy) is 1. The van der Waals surface area contributed by atoms with E-state index < -0.39 is 0 Å². The van der Waals surface area contributed by atoms with E-state index >= 15 is 0 Å². The molecule has 0 radical (unpaired) electrons. The third-order valence-corrected chi connectivity index (χ3v) is 5.17. The molecule has 132 valence electrons. The van der Waals surface area contributed by atoms with Crippen LogP contribution >= 0.6 is 11.8 Å². The molecule has 6 heteroatoms. The third kappa shape index (κ3) is 5.24. The summed E-state index contributed by atoms with van der Waals surface area (Å²) >= 11 is 1.66. The van der Waals surface area contributed by atoms with Gasteiger partial charge in [0.05, 0.1) is 19.6 Å². The molecule has 1 aromatic carbocycles. The van der Waals surface area contributed by atoms with Crippen molar-refractivity contribution in [3.63, 3.8) is 0 Å². The number of nitrogens with one attached hydrogen (secondary N) is 2. The van der Waals surface area contributed by atoms with E-state index in [1.54, 1.807) is 11.8 Å². The fourth-order valence-corrected chi connectivity index (χ4v) is 3.41. The van der Waals surface area contributed by atoms with Crippen LogP contribution < -0.4 is 10.6 Å². The van der Waals surface area contributed by atoms with Gasteiger partial charge in [0.25, 0.3) is 0 Å². The SMILES string of the molecule is COC(=O)CC(NC(=O)[C@H]1CCN[C@@H](C)C1)c1ccc(SC)cc1. The molecule has 0 aliphatic carbocycles. The third-order valence-electron chi connectivity index (χ3n) is 4.43. The monoisotopic (exact) mass is 350 g/mol. The van der Waals surface area contributed by atoms with Crippen LogP contribution in [0.1, 0.15) is 37.8 Å². The number of amides is 1.